The van der Waals surface area contributed by atoms with Crippen LogP contribution in [0.3, 0.4) is 0 Å². The van der Waals surface area contributed by atoms with E-state index in [0.29, 0.717) is 24.3 Å². The zero-order valence-electron chi connectivity index (χ0n) is 8.75. The number of nitrogens with one attached hydrogen (secondary N) is 1. The Bertz CT molecular complexity index is 354. The van der Waals surface area contributed by atoms with Crippen LogP contribution in [0.4, 0.5) is 5.69 Å². The number of hydrogen-bond acceptors (Lipinski definition) is 2. The minimum atomic E-state index is -0.355. The van der Waals surface area contributed by atoms with Gasteiger partial charge in [-0.2, -0.15) is 0 Å². The first-order valence-electron chi connectivity index (χ1n) is 4.73. The van der Waals surface area contributed by atoms with E-state index in [9.17, 15) is 4.79 Å². The number of hydrogen-bond donors (Lipinski definition) is 0. The number of benzene rings is 1. The van der Waals surface area contributed by atoms with E-state index in [1.165, 1.54) is 0 Å². The lowest BCUT2D eigenvalue weighted by molar-refractivity contribution is -0.138. The highest BCUT2D eigenvalue weighted by atomic mass is 16.5. The molecule has 1 radical (unpaired) electrons. The minimum absolute atomic E-state index is 0.350. The highest BCUT2D eigenvalue weighted by molar-refractivity contribution is 5.86. The van der Waals surface area contributed by atoms with Gasteiger partial charge >= 0.3 is 5.97 Å². The molecule has 3 nitrogen and oxygen atoms in total. The van der Waals surface area contributed by atoms with E-state index in [0.717, 1.165) is 5.56 Å². The maximum absolute atomic E-state index is 11.0. The van der Waals surface area contributed by atoms with Crippen molar-refractivity contribution in [3.05, 3.63) is 42.0 Å². The zero-order valence-corrected chi connectivity index (χ0v) is 8.75. The summed E-state index contributed by atoms with van der Waals surface area (Å²) in [4.78, 5) is 11.0. The Morgan fingerprint density at radius 1 is 1.40 bits per heavy atom. The minimum Gasteiger partial charge on any atom is -0.462 e. The average Bonchev–Trinajstić information content (AvgIpc) is 2.20. The summed E-state index contributed by atoms with van der Waals surface area (Å²) >= 11 is 0. The normalized spacial score (nSPS) is 9.67. The molecule has 1 aromatic carbocycles. The van der Waals surface area contributed by atoms with Crippen LogP contribution in [0.5, 0.6) is 0 Å². The van der Waals surface area contributed by atoms with Crippen molar-refractivity contribution in [3.8, 4) is 0 Å². The number of carbonyl (C=O) groups is 1. The van der Waals surface area contributed by atoms with Crippen LogP contribution >= 0.6 is 0 Å². The van der Waals surface area contributed by atoms with E-state index in [-0.39, 0.29) is 5.97 Å². The molecule has 0 atom stereocenters. The summed E-state index contributed by atoms with van der Waals surface area (Å²) in [6.07, 6.45) is 0.666. The maximum atomic E-state index is 11.0. The second-order valence-electron chi connectivity index (χ2n) is 3.36. The van der Waals surface area contributed by atoms with Gasteiger partial charge in [0.1, 0.15) is 0 Å². The van der Waals surface area contributed by atoms with Gasteiger partial charge in [0.15, 0.2) is 0 Å². The van der Waals surface area contributed by atoms with Gasteiger partial charge in [0.05, 0.1) is 12.3 Å². The Labute approximate surface area is 89.5 Å². The van der Waals surface area contributed by atoms with Crippen molar-refractivity contribution >= 4 is 11.7 Å². The first kappa shape index (κ1) is 11.3. The average molecular weight is 204 g/mol. The molecule has 0 fully saturated rings. The van der Waals surface area contributed by atoms with Gasteiger partial charge in [0.25, 0.3) is 0 Å². The fraction of sp³-hybridized carbons (Fsp3) is 0.250. The van der Waals surface area contributed by atoms with E-state index in [1.807, 2.05) is 12.1 Å². The van der Waals surface area contributed by atoms with E-state index >= 15 is 0 Å². The SMILES string of the molecule is C=C(C)C(=O)OCCc1ccc([NH])cc1. The largest absolute Gasteiger partial charge is 0.462 e. The Balaban J connectivity index is 2.35. The summed E-state index contributed by atoms with van der Waals surface area (Å²) in [5.41, 5.74) is 9.25. The van der Waals surface area contributed by atoms with Crippen molar-refractivity contribution in [1.29, 1.82) is 0 Å². The fourth-order valence-corrected chi connectivity index (χ4v) is 1.06. The van der Waals surface area contributed by atoms with Crippen LogP contribution in [-0.4, -0.2) is 12.6 Å². The van der Waals surface area contributed by atoms with Crippen LogP contribution < -0.4 is 5.73 Å². The van der Waals surface area contributed by atoms with E-state index in [1.54, 1.807) is 19.1 Å². The first-order valence-corrected chi connectivity index (χ1v) is 4.73. The van der Waals surface area contributed by atoms with Crippen LogP contribution in [0.25, 0.3) is 0 Å². The summed E-state index contributed by atoms with van der Waals surface area (Å²) in [6, 6.07) is 7.15. The molecule has 0 aromatic heterocycles. The van der Waals surface area contributed by atoms with Crippen LogP contribution in [0.2, 0.25) is 0 Å². The standard InChI is InChI=1S/C12H14NO2/c1-9(2)12(14)15-8-7-10-3-5-11(13)6-4-10/h3-6,13H,1,7-8H2,2H3. The van der Waals surface area contributed by atoms with Crippen LogP contribution in [-0.2, 0) is 16.0 Å². The molecule has 0 saturated carbocycles. The molecule has 0 unspecified atom stereocenters. The summed E-state index contributed by atoms with van der Waals surface area (Å²) < 4.78 is 4.95. The molecule has 79 valence electrons. The third kappa shape index (κ3) is 3.85. The second-order valence-corrected chi connectivity index (χ2v) is 3.36. The molecule has 3 heteroatoms. The third-order valence-corrected chi connectivity index (χ3v) is 1.93. The molecule has 0 aliphatic heterocycles. The molecule has 0 aliphatic rings. The summed E-state index contributed by atoms with van der Waals surface area (Å²) in [6.45, 7) is 5.47. The molecule has 15 heavy (non-hydrogen) atoms. The molecular formula is C12H14NO2. The molecule has 0 amide bonds. The Morgan fingerprint density at radius 2 is 2.00 bits per heavy atom. The zero-order chi connectivity index (χ0) is 11.3. The monoisotopic (exact) mass is 204 g/mol. The Kier molecular flexibility index (Phi) is 3.92. The summed E-state index contributed by atoms with van der Waals surface area (Å²) in [5.74, 6) is -0.355. The highest BCUT2D eigenvalue weighted by Gasteiger charge is 2.02. The van der Waals surface area contributed by atoms with E-state index in [2.05, 4.69) is 6.58 Å². The van der Waals surface area contributed by atoms with Gasteiger partial charge in [-0.1, -0.05) is 18.7 Å². The lowest BCUT2D eigenvalue weighted by Crippen LogP contribution is -2.07. The van der Waals surface area contributed by atoms with Gasteiger partial charge in [-0.15, -0.1) is 0 Å². The number of ether oxygens (including phenoxy) is 1. The quantitative estimate of drug-likeness (QED) is 0.558. The van der Waals surface area contributed by atoms with Gasteiger partial charge in [-0.3, -0.25) is 0 Å². The van der Waals surface area contributed by atoms with Crippen LogP contribution in [0.1, 0.15) is 12.5 Å². The number of rotatable bonds is 4. The van der Waals surface area contributed by atoms with Crippen molar-refractivity contribution in [2.45, 2.75) is 13.3 Å². The smallest absolute Gasteiger partial charge is 0.333 e. The fourth-order valence-electron chi connectivity index (χ4n) is 1.06. The topological polar surface area (TPSA) is 50.1 Å². The molecule has 1 aromatic rings. The van der Waals surface area contributed by atoms with E-state index < -0.39 is 0 Å². The van der Waals surface area contributed by atoms with Gasteiger partial charge < -0.3 is 10.5 Å². The first-order chi connectivity index (χ1) is 7.09. The predicted octanol–water partition coefficient (Wildman–Crippen LogP) is 2.26. The highest BCUT2D eigenvalue weighted by Crippen LogP contribution is 2.07. The number of carbonyl (C=O) groups excluding carboxylic acids is 1. The molecule has 0 bridgehead atoms. The maximum Gasteiger partial charge on any atom is 0.333 e. The Hall–Kier alpha value is -1.77. The number of esters is 1. The third-order valence-electron chi connectivity index (χ3n) is 1.93. The molecular weight excluding hydrogens is 190 g/mol. The summed E-state index contributed by atoms with van der Waals surface area (Å²) in [7, 11) is 0. The van der Waals surface area contributed by atoms with Crippen LogP contribution in [0.15, 0.2) is 36.4 Å². The second kappa shape index (κ2) is 5.20. The predicted molar refractivity (Wildman–Crippen MR) is 58.7 cm³/mol. The molecule has 0 aliphatic carbocycles. The van der Waals surface area contributed by atoms with Gasteiger partial charge in [0, 0.05) is 12.0 Å². The van der Waals surface area contributed by atoms with Gasteiger partial charge in [-0.25, -0.2) is 4.79 Å². The van der Waals surface area contributed by atoms with Crippen molar-refractivity contribution in [3.63, 3.8) is 0 Å². The van der Waals surface area contributed by atoms with Crippen molar-refractivity contribution < 1.29 is 9.53 Å². The lowest BCUT2D eigenvalue weighted by atomic mass is 10.1. The van der Waals surface area contributed by atoms with Crippen molar-refractivity contribution in [2.24, 2.45) is 0 Å². The lowest BCUT2D eigenvalue weighted by Gasteiger charge is -2.04. The van der Waals surface area contributed by atoms with Crippen LogP contribution in [0, 0.1) is 0 Å². The van der Waals surface area contributed by atoms with Crippen molar-refractivity contribution in [2.75, 3.05) is 6.61 Å². The van der Waals surface area contributed by atoms with E-state index in [4.69, 9.17) is 10.5 Å². The Morgan fingerprint density at radius 3 is 2.53 bits per heavy atom. The van der Waals surface area contributed by atoms with Gasteiger partial charge in [-0.05, 0) is 24.6 Å². The molecule has 1 N–H and O–H groups in total. The molecule has 0 saturated heterocycles. The molecule has 1 rings (SSSR count). The van der Waals surface area contributed by atoms with Gasteiger partial charge in [0.2, 0.25) is 0 Å². The van der Waals surface area contributed by atoms with Crippen molar-refractivity contribution in [1.82, 2.24) is 5.73 Å². The molecule has 0 spiro atoms. The molecule has 0 heterocycles. The summed E-state index contributed by atoms with van der Waals surface area (Å²) in [5, 5.41) is 0.